The molecule has 2 amide bonds. The van der Waals surface area contributed by atoms with Gasteiger partial charge in [-0.05, 0) is 62.1 Å². The summed E-state index contributed by atoms with van der Waals surface area (Å²) < 4.78 is 2.22. The van der Waals surface area contributed by atoms with Crippen LogP contribution >= 0.6 is 11.8 Å². The molecule has 0 bridgehead atoms. The van der Waals surface area contributed by atoms with Crippen LogP contribution in [0, 0.1) is 6.92 Å². The molecule has 3 aromatic carbocycles. The van der Waals surface area contributed by atoms with Crippen LogP contribution in [0.4, 0.5) is 0 Å². The summed E-state index contributed by atoms with van der Waals surface area (Å²) in [6.45, 7) is 8.57. The van der Waals surface area contributed by atoms with E-state index in [0.717, 1.165) is 34.2 Å². The number of fused-ring (bicyclic) bond motifs is 3. The minimum atomic E-state index is -0.0296. The molecular weight excluding hydrogens is 568 g/mol. The zero-order valence-corrected chi connectivity index (χ0v) is 26.4. The number of thioether (sulfide) groups is 1. The number of nitrogens with zero attached hydrogens (tertiary/aromatic N) is 6. The molecule has 1 fully saturated rings. The molecule has 1 aliphatic heterocycles. The molecule has 9 heteroatoms. The summed E-state index contributed by atoms with van der Waals surface area (Å²) in [5.74, 6) is 0.885. The van der Waals surface area contributed by atoms with Gasteiger partial charge in [-0.15, -0.1) is 10.2 Å². The van der Waals surface area contributed by atoms with Crippen molar-refractivity contribution in [3.8, 4) is 0 Å². The number of hydrogen-bond acceptors (Lipinski definition) is 6. The first-order valence-electron chi connectivity index (χ1n) is 15.4. The molecule has 226 valence electrons. The highest BCUT2D eigenvalue weighted by atomic mass is 32.2. The highest BCUT2D eigenvalue weighted by molar-refractivity contribution is 7.99. The van der Waals surface area contributed by atoms with Crippen LogP contribution in [-0.4, -0.2) is 72.8 Å². The third kappa shape index (κ3) is 6.33. The molecule has 0 aliphatic carbocycles. The van der Waals surface area contributed by atoms with E-state index < -0.39 is 0 Å². The Hall–Kier alpha value is -4.24. The average molecular weight is 607 g/mol. The van der Waals surface area contributed by atoms with E-state index >= 15 is 0 Å². The lowest BCUT2D eigenvalue weighted by atomic mass is 10.1. The van der Waals surface area contributed by atoms with Crippen LogP contribution in [0.5, 0.6) is 0 Å². The highest BCUT2D eigenvalue weighted by Gasteiger charge is 2.30. The molecule has 0 N–H and O–H groups in total. The minimum Gasteiger partial charge on any atom is -0.339 e. The van der Waals surface area contributed by atoms with E-state index in [1.165, 1.54) is 28.5 Å². The lowest BCUT2D eigenvalue weighted by Gasteiger charge is -2.40. The zero-order chi connectivity index (χ0) is 30.6. The van der Waals surface area contributed by atoms with Crippen molar-refractivity contribution in [2.45, 2.75) is 57.8 Å². The number of carbonyl (C=O) groups excluding carboxylic acids is 2. The first-order chi connectivity index (χ1) is 21.4. The lowest BCUT2D eigenvalue weighted by Crippen LogP contribution is -2.55. The highest BCUT2D eigenvalue weighted by Crippen LogP contribution is 2.29. The van der Waals surface area contributed by atoms with Gasteiger partial charge in [0.25, 0.3) is 5.91 Å². The molecule has 1 aliphatic rings. The maximum absolute atomic E-state index is 13.1. The molecule has 44 heavy (non-hydrogen) atoms. The van der Waals surface area contributed by atoms with E-state index in [9.17, 15) is 9.59 Å². The van der Waals surface area contributed by atoms with Gasteiger partial charge in [-0.3, -0.25) is 9.59 Å². The Bertz CT molecular complexity index is 1790. The van der Waals surface area contributed by atoms with Crippen LogP contribution in [-0.2, 0) is 17.8 Å². The Morgan fingerprint density at radius 1 is 0.955 bits per heavy atom. The van der Waals surface area contributed by atoms with Crippen LogP contribution in [0.3, 0.4) is 0 Å². The molecule has 6 rings (SSSR count). The van der Waals surface area contributed by atoms with Gasteiger partial charge >= 0.3 is 0 Å². The number of aromatic nitrogens is 4. The number of rotatable bonds is 9. The third-order valence-corrected chi connectivity index (χ3v) is 9.33. The van der Waals surface area contributed by atoms with Gasteiger partial charge in [0.05, 0.1) is 5.52 Å². The van der Waals surface area contributed by atoms with Gasteiger partial charge in [0.2, 0.25) is 11.1 Å². The largest absolute Gasteiger partial charge is 0.339 e. The van der Waals surface area contributed by atoms with Gasteiger partial charge in [0, 0.05) is 55.3 Å². The van der Waals surface area contributed by atoms with E-state index in [4.69, 9.17) is 4.98 Å². The molecule has 3 heterocycles. The Morgan fingerprint density at radius 2 is 1.75 bits per heavy atom. The van der Waals surface area contributed by atoms with E-state index in [-0.39, 0.29) is 17.9 Å². The Labute approximate surface area is 262 Å². The maximum atomic E-state index is 13.1. The van der Waals surface area contributed by atoms with Crippen molar-refractivity contribution >= 4 is 45.6 Å². The summed E-state index contributed by atoms with van der Waals surface area (Å²) >= 11 is 1.54. The van der Waals surface area contributed by atoms with Crippen LogP contribution in [0.1, 0.15) is 53.7 Å². The van der Waals surface area contributed by atoms with Crippen molar-refractivity contribution in [1.82, 2.24) is 29.5 Å². The van der Waals surface area contributed by atoms with Gasteiger partial charge in [0.15, 0.2) is 5.65 Å². The summed E-state index contributed by atoms with van der Waals surface area (Å²) in [6.07, 6.45) is 2.12. The SMILES string of the molecule is CCc1ccc(C(=O)N2CCN(C(=O)CCCSc3nnc4c5cc(C)ccc5n(Cc5ccccc5)c4n3)CC2C)cc1. The Morgan fingerprint density at radius 3 is 2.50 bits per heavy atom. The summed E-state index contributed by atoms with van der Waals surface area (Å²) in [5, 5.41) is 10.7. The molecule has 0 spiro atoms. The van der Waals surface area contributed by atoms with Crippen LogP contribution < -0.4 is 0 Å². The summed E-state index contributed by atoms with van der Waals surface area (Å²) in [4.78, 5) is 34.9. The van der Waals surface area contributed by atoms with Gasteiger partial charge in [0.1, 0.15) is 5.52 Å². The summed E-state index contributed by atoms with van der Waals surface area (Å²) in [5.41, 5.74) is 7.02. The molecule has 1 atom stereocenters. The predicted octanol–water partition coefficient (Wildman–Crippen LogP) is 6.14. The normalized spacial score (nSPS) is 15.3. The van der Waals surface area contributed by atoms with Crippen molar-refractivity contribution in [1.29, 1.82) is 0 Å². The molecule has 0 radical (unpaired) electrons. The number of amides is 2. The predicted molar refractivity (Wildman–Crippen MR) is 176 cm³/mol. The van der Waals surface area contributed by atoms with Gasteiger partial charge in [-0.1, -0.05) is 72.8 Å². The van der Waals surface area contributed by atoms with E-state index in [1.807, 2.05) is 47.1 Å². The first-order valence-corrected chi connectivity index (χ1v) is 16.4. The van der Waals surface area contributed by atoms with Crippen molar-refractivity contribution in [2.24, 2.45) is 0 Å². The molecule has 5 aromatic rings. The smallest absolute Gasteiger partial charge is 0.254 e. The molecule has 8 nitrogen and oxygen atoms in total. The molecule has 1 saturated heterocycles. The fourth-order valence-corrected chi connectivity index (χ4v) is 6.64. The zero-order valence-electron chi connectivity index (χ0n) is 25.6. The van der Waals surface area contributed by atoms with Crippen molar-refractivity contribution in [2.75, 3.05) is 25.4 Å². The second kappa shape index (κ2) is 13.2. The van der Waals surface area contributed by atoms with E-state index in [1.54, 1.807) is 0 Å². The second-order valence-electron chi connectivity index (χ2n) is 11.5. The number of aryl methyl sites for hydroxylation is 2. The Kier molecular flexibility index (Phi) is 8.93. The minimum absolute atomic E-state index is 0.0296. The fourth-order valence-electron chi connectivity index (χ4n) is 5.92. The molecule has 1 unspecified atom stereocenters. The van der Waals surface area contributed by atoms with Crippen molar-refractivity contribution in [3.63, 3.8) is 0 Å². The number of piperazine rings is 1. The number of carbonyl (C=O) groups is 2. The van der Waals surface area contributed by atoms with Gasteiger partial charge in [-0.2, -0.15) is 0 Å². The second-order valence-corrected chi connectivity index (χ2v) is 12.6. The quantitative estimate of drug-likeness (QED) is 0.148. The first kappa shape index (κ1) is 29.8. The van der Waals surface area contributed by atoms with E-state index in [2.05, 4.69) is 71.1 Å². The maximum Gasteiger partial charge on any atom is 0.254 e. The van der Waals surface area contributed by atoms with Gasteiger partial charge in [-0.25, -0.2) is 4.98 Å². The van der Waals surface area contributed by atoms with Crippen molar-refractivity contribution in [3.05, 3.63) is 95.1 Å². The number of benzene rings is 3. The van der Waals surface area contributed by atoms with Crippen LogP contribution in [0.2, 0.25) is 0 Å². The lowest BCUT2D eigenvalue weighted by molar-refractivity contribution is -0.133. The molecular formula is C35H38N6O2S. The topological polar surface area (TPSA) is 84.2 Å². The third-order valence-electron chi connectivity index (χ3n) is 8.40. The summed E-state index contributed by atoms with van der Waals surface area (Å²) in [6, 6.07) is 24.6. The van der Waals surface area contributed by atoms with E-state index in [0.29, 0.717) is 49.7 Å². The summed E-state index contributed by atoms with van der Waals surface area (Å²) in [7, 11) is 0. The monoisotopic (exact) mass is 606 g/mol. The van der Waals surface area contributed by atoms with Crippen LogP contribution in [0.15, 0.2) is 78.0 Å². The molecule has 0 saturated carbocycles. The Balaban J connectivity index is 1.05. The molecule has 2 aromatic heterocycles. The van der Waals surface area contributed by atoms with Gasteiger partial charge < -0.3 is 14.4 Å². The number of hydrogen-bond donors (Lipinski definition) is 0. The standard InChI is InChI=1S/C35H38N6O2S/c1-4-26-13-15-28(16-14-26)34(43)40-19-18-39(22-25(40)3)31(42)11-8-20-44-35-36-33-32(37-38-35)29-21-24(2)12-17-30(29)41(33)23-27-9-6-5-7-10-27/h5-7,9-10,12-17,21,25H,4,8,11,18-20,22-23H2,1-3H3. The van der Waals surface area contributed by atoms with Crippen molar-refractivity contribution < 1.29 is 9.59 Å². The van der Waals surface area contributed by atoms with Crippen LogP contribution in [0.25, 0.3) is 22.1 Å². The fraction of sp³-hybridized carbons (Fsp3) is 0.343. The average Bonchev–Trinajstić information content (AvgIpc) is 3.34.